The first-order valence-electron chi connectivity index (χ1n) is 16.5. The number of benzene rings is 3. The highest BCUT2D eigenvalue weighted by Crippen LogP contribution is 2.47. The lowest BCUT2D eigenvalue weighted by molar-refractivity contribution is 0.417. The van der Waals surface area contributed by atoms with E-state index in [0.29, 0.717) is 29.3 Å². The van der Waals surface area contributed by atoms with Crippen LogP contribution in [0.4, 0.5) is 23.3 Å². The minimum Gasteiger partial charge on any atom is -0.420 e. The van der Waals surface area contributed by atoms with Crippen LogP contribution in [0.15, 0.2) is 121 Å². The molecule has 0 saturated carbocycles. The van der Waals surface area contributed by atoms with Crippen LogP contribution in [-0.2, 0) is 0 Å². The molecule has 1 aliphatic rings. The molecule has 1 aliphatic heterocycles. The molecular weight excluding hydrogens is 608 g/mol. The van der Waals surface area contributed by atoms with Crippen LogP contribution in [0.2, 0.25) is 0 Å². The van der Waals surface area contributed by atoms with Crippen molar-refractivity contribution in [2.45, 2.75) is 39.5 Å². The molecule has 7 aromatic rings. The molecule has 8 rings (SSSR count). The van der Waals surface area contributed by atoms with E-state index in [1.54, 1.807) is 0 Å². The molecule has 3 aromatic carbocycles. The van der Waals surface area contributed by atoms with Crippen molar-refractivity contribution in [3.63, 3.8) is 0 Å². The average molecular weight is 645 g/mol. The zero-order valence-corrected chi connectivity index (χ0v) is 27.8. The maximum atomic E-state index is 6.54. The molecule has 2 N–H and O–H groups in total. The summed E-state index contributed by atoms with van der Waals surface area (Å²) in [7, 11) is 0. The van der Waals surface area contributed by atoms with E-state index in [0.717, 1.165) is 51.1 Å². The van der Waals surface area contributed by atoms with Crippen molar-refractivity contribution in [2.24, 2.45) is 0 Å². The van der Waals surface area contributed by atoms with Crippen LogP contribution >= 0.6 is 0 Å². The number of rotatable bonds is 8. The van der Waals surface area contributed by atoms with Crippen molar-refractivity contribution >= 4 is 23.3 Å². The van der Waals surface area contributed by atoms with Crippen molar-refractivity contribution in [3.8, 4) is 23.1 Å². The molecule has 0 spiro atoms. The first kappa shape index (κ1) is 30.1. The monoisotopic (exact) mass is 644 g/mol. The van der Waals surface area contributed by atoms with Gasteiger partial charge < -0.3 is 15.4 Å². The van der Waals surface area contributed by atoms with Gasteiger partial charge >= 0.3 is 0 Å². The third kappa shape index (κ3) is 5.91. The van der Waals surface area contributed by atoms with Gasteiger partial charge in [-0.3, -0.25) is 0 Å². The van der Waals surface area contributed by atoms with Gasteiger partial charge in [-0.2, -0.15) is 20.2 Å². The fraction of sp³-hybridized carbons (Fsp3) is 0.150. The van der Waals surface area contributed by atoms with E-state index in [1.807, 2.05) is 108 Å². The lowest BCUT2D eigenvalue weighted by atomic mass is 9.84. The van der Waals surface area contributed by atoms with Crippen LogP contribution in [0, 0.1) is 13.8 Å². The highest BCUT2D eigenvalue weighted by atomic mass is 16.5. The predicted octanol–water partition coefficient (Wildman–Crippen LogP) is 9.36. The van der Waals surface area contributed by atoms with Crippen molar-refractivity contribution in [1.29, 1.82) is 0 Å². The standard InChI is InChI=1S/C40H36N8O/c1-25(2)28-15-17-29(18-16-28)38-32-19-21-34(41-36-23-26(3)45-47(36)30-11-7-5-8-12-30)43-39(32)49-40-33(38)20-22-35(44-40)42-37-24-27(4)46-48(37)31-13-9-6-10-14-31/h5-25,38H,1-4H3,(H,41,43)(H,42,44). The van der Waals surface area contributed by atoms with Gasteiger partial charge in [-0.25, -0.2) is 9.36 Å². The predicted molar refractivity (Wildman–Crippen MR) is 193 cm³/mol. The third-order valence-corrected chi connectivity index (χ3v) is 8.71. The lowest BCUT2D eigenvalue weighted by Gasteiger charge is -2.28. The summed E-state index contributed by atoms with van der Waals surface area (Å²) in [6.07, 6.45) is 0. The number of para-hydroxylation sites is 2. The van der Waals surface area contributed by atoms with Crippen LogP contribution in [0.3, 0.4) is 0 Å². The summed E-state index contributed by atoms with van der Waals surface area (Å²) in [6.45, 7) is 8.37. The number of pyridine rings is 2. The molecule has 0 amide bonds. The van der Waals surface area contributed by atoms with E-state index in [-0.39, 0.29) is 5.92 Å². The Bertz CT molecular complexity index is 2120. The van der Waals surface area contributed by atoms with E-state index in [9.17, 15) is 0 Å². The molecule has 0 unspecified atom stereocenters. The number of hydrogen-bond acceptors (Lipinski definition) is 7. The maximum Gasteiger partial charge on any atom is 0.227 e. The molecule has 0 atom stereocenters. The van der Waals surface area contributed by atoms with Crippen molar-refractivity contribution in [2.75, 3.05) is 10.6 Å². The lowest BCUT2D eigenvalue weighted by Crippen LogP contribution is -2.15. The number of nitrogens with one attached hydrogen (secondary N) is 2. The number of anilines is 4. The minimum atomic E-state index is -0.114. The van der Waals surface area contributed by atoms with Crippen molar-refractivity contribution < 1.29 is 4.74 Å². The Morgan fingerprint density at radius 2 is 1.06 bits per heavy atom. The maximum absolute atomic E-state index is 6.54. The second-order valence-electron chi connectivity index (χ2n) is 12.6. The summed E-state index contributed by atoms with van der Waals surface area (Å²) in [5, 5.41) is 16.4. The van der Waals surface area contributed by atoms with Crippen LogP contribution in [-0.4, -0.2) is 29.5 Å². The first-order valence-corrected chi connectivity index (χ1v) is 16.5. The van der Waals surface area contributed by atoms with Gasteiger partial charge in [0, 0.05) is 29.2 Å². The van der Waals surface area contributed by atoms with Crippen LogP contribution in [0.25, 0.3) is 11.4 Å². The fourth-order valence-electron chi connectivity index (χ4n) is 6.31. The SMILES string of the molecule is Cc1cc(Nc2ccc3c(n2)Oc2nc(Nc4cc(C)nn4-c4ccccc4)ccc2C3c2ccc(C(C)C)cc2)n(-c2ccccc2)n1. The second-order valence-corrected chi connectivity index (χ2v) is 12.6. The largest absolute Gasteiger partial charge is 0.420 e. The molecule has 4 aromatic heterocycles. The van der Waals surface area contributed by atoms with Crippen LogP contribution < -0.4 is 15.4 Å². The van der Waals surface area contributed by atoms with Gasteiger partial charge in [0.1, 0.15) is 23.3 Å². The summed E-state index contributed by atoms with van der Waals surface area (Å²) in [6, 6.07) is 41.1. The molecule has 5 heterocycles. The second kappa shape index (κ2) is 12.4. The van der Waals surface area contributed by atoms with Gasteiger partial charge in [-0.1, -0.05) is 74.5 Å². The van der Waals surface area contributed by atoms with Crippen LogP contribution in [0.1, 0.15) is 59.3 Å². The van der Waals surface area contributed by atoms with Gasteiger partial charge in [0.2, 0.25) is 11.8 Å². The molecule has 242 valence electrons. The summed E-state index contributed by atoms with van der Waals surface area (Å²) in [5.74, 6) is 4.24. The van der Waals surface area contributed by atoms with Gasteiger partial charge in [-0.15, -0.1) is 0 Å². The highest BCUT2D eigenvalue weighted by Gasteiger charge is 2.32. The number of aromatic nitrogens is 6. The topological polar surface area (TPSA) is 94.7 Å². The number of nitrogens with zero attached hydrogens (tertiary/aromatic N) is 6. The van der Waals surface area contributed by atoms with Gasteiger partial charge in [0.15, 0.2) is 0 Å². The third-order valence-electron chi connectivity index (χ3n) is 8.71. The van der Waals surface area contributed by atoms with Crippen molar-refractivity contribution in [1.82, 2.24) is 29.5 Å². The molecule has 49 heavy (non-hydrogen) atoms. The fourth-order valence-corrected chi connectivity index (χ4v) is 6.31. The molecule has 0 fully saturated rings. The normalized spacial score (nSPS) is 12.3. The Balaban J connectivity index is 1.17. The van der Waals surface area contributed by atoms with E-state index in [1.165, 1.54) is 5.56 Å². The Morgan fingerprint density at radius 3 is 1.51 bits per heavy atom. The number of ether oxygens (including phenoxy) is 1. The highest BCUT2D eigenvalue weighted by molar-refractivity contribution is 5.63. The number of fused-ring (bicyclic) bond motifs is 2. The van der Waals surface area contributed by atoms with E-state index < -0.39 is 0 Å². The van der Waals surface area contributed by atoms with Gasteiger partial charge in [-0.05, 0) is 79.4 Å². The summed E-state index contributed by atoms with van der Waals surface area (Å²) < 4.78 is 10.3. The smallest absolute Gasteiger partial charge is 0.227 e. The minimum absolute atomic E-state index is 0.114. The zero-order chi connectivity index (χ0) is 33.5. The zero-order valence-electron chi connectivity index (χ0n) is 27.8. The van der Waals surface area contributed by atoms with Crippen molar-refractivity contribution in [3.05, 3.63) is 155 Å². The molecular formula is C40H36N8O. The average Bonchev–Trinajstić information content (AvgIpc) is 3.68. The quantitative estimate of drug-likeness (QED) is 0.170. The molecule has 0 aliphatic carbocycles. The first-order chi connectivity index (χ1) is 23.9. The Kier molecular flexibility index (Phi) is 7.64. The summed E-state index contributed by atoms with van der Waals surface area (Å²) in [4.78, 5) is 9.99. The molecule has 9 nitrogen and oxygen atoms in total. The molecule has 9 heteroatoms. The van der Waals surface area contributed by atoms with E-state index in [4.69, 9.17) is 24.9 Å². The molecule has 0 saturated heterocycles. The molecule has 0 bridgehead atoms. The summed E-state index contributed by atoms with van der Waals surface area (Å²) >= 11 is 0. The number of hydrogen-bond donors (Lipinski definition) is 2. The molecule has 0 radical (unpaired) electrons. The van der Waals surface area contributed by atoms with E-state index >= 15 is 0 Å². The Morgan fingerprint density at radius 1 is 0.592 bits per heavy atom. The Labute approximate surface area is 285 Å². The Hall–Kier alpha value is -6.22. The van der Waals surface area contributed by atoms with E-state index in [2.05, 4.69) is 60.9 Å². The van der Waals surface area contributed by atoms with Gasteiger partial charge in [0.25, 0.3) is 0 Å². The van der Waals surface area contributed by atoms with Gasteiger partial charge in [0.05, 0.1) is 22.8 Å². The summed E-state index contributed by atoms with van der Waals surface area (Å²) in [5.41, 5.74) is 8.10. The van der Waals surface area contributed by atoms with Crippen LogP contribution in [0.5, 0.6) is 11.8 Å². The number of aryl methyl sites for hydroxylation is 2.